The van der Waals surface area contributed by atoms with Gasteiger partial charge in [-0.1, -0.05) is 0 Å². The first-order valence-electron chi connectivity index (χ1n) is 4.62. The van der Waals surface area contributed by atoms with Crippen LogP contribution in [-0.4, -0.2) is 36.4 Å². The van der Waals surface area contributed by atoms with E-state index in [1.807, 2.05) is 19.1 Å². The van der Waals surface area contributed by atoms with Gasteiger partial charge in [0.2, 0.25) is 0 Å². The predicted octanol–water partition coefficient (Wildman–Crippen LogP) is 0.616. The number of piperazine rings is 1. The van der Waals surface area contributed by atoms with Gasteiger partial charge in [-0.05, 0) is 19.1 Å². The Hall–Kier alpha value is -0.870. The Bertz CT molecular complexity index is 269. The first kappa shape index (κ1) is 11.2. The second kappa shape index (κ2) is 5.12. The molecule has 0 aliphatic carbocycles. The Labute approximate surface area is 90.1 Å². The van der Waals surface area contributed by atoms with Crippen molar-refractivity contribution in [3.63, 3.8) is 0 Å². The van der Waals surface area contributed by atoms with Gasteiger partial charge < -0.3 is 10.2 Å². The fourth-order valence-corrected chi connectivity index (χ4v) is 1.45. The third kappa shape index (κ3) is 2.56. The van der Waals surface area contributed by atoms with Crippen molar-refractivity contribution in [1.82, 2.24) is 15.5 Å². The summed E-state index contributed by atoms with van der Waals surface area (Å²) in [4.78, 5) is 2.25. The topological polar surface area (TPSA) is 41.0 Å². The lowest BCUT2D eigenvalue weighted by Crippen LogP contribution is -2.43. The molecule has 1 aromatic rings. The van der Waals surface area contributed by atoms with Gasteiger partial charge in [0.15, 0.2) is 5.82 Å². The molecule has 1 saturated heterocycles. The van der Waals surface area contributed by atoms with Gasteiger partial charge >= 0.3 is 0 Å². The summed E-state index contributed by atoms with van der Waals surface area (Å²) in [6, 6.07) is 4.04. The number of hydrogen-bond acceptors (Lipinski definition) is 4. The predicted molar refractivity (Wildman–Crippen MR) is 59.1 cm³/mol. The molecule has 0 spiro atoms. The summed E-state index contributed by atoms with van der Waals surface area (Å²) >= 11 is 0. The third-order valence-electron chi connectivity index (χ3n) is 2.22. The minimum absolute atomic E-state index is 0. The minimum Gasteiger partial charge on any atom is -0.353 e. The van der Waals surface area contributed by atoms with Gasteiger partial charge in [-0.25, -0.2) is 0 Å². The molecule has 78 valence electrons. The molecule has 4 nitrogen and oxygen atoms in total. The second-order valence-electron chi connectivity index (χ2n) is 3.27. The zero-order chi connectivity index (χ0) is 9.10. The van der Waals surface area contributed by atoms with Crippen LogP contribution in [0.25, 0.3) is 0 Å². The third-order valence-corrected chi connectivity index (χ3v) is 2.22. The van der Waals surface area contributed by atoms with Crippen molar-refractivity contribution in [1.29, 1.82) is 0 Å². The number of nitrogens with one attached hydrogen (secondary N) is 1. The molecule has 0 bridgehead atoms. The maximum Gasteiger partial charge on any atom is 0.151 e. The van der Waals surface area contributed by atoms with Crippen molar-refractivity contribution in [2.75, 3.05) is 31.1 Å². The lowest BCUT2D eigenvalue weighted by atomic mass is 10.3. The molecule has 0 aromatic carbocycles. The second-order valence-corrected chi connectivity index (χ2v) is 3.27. The van der Waals surface area contributed by atoms with Crippen LogP contribution in [0.2, 0.25) is 0 Å². The SMILES string of the molecule is Cc1ccc(N2CCNCC2)nn1.Cl. The molecule has 14 heavy (non-hydrogen) atoms. The Morgan fingerprint density at radius 1 is 1.21 bits per heavy atom. The highest BCUT2D eigenvalue weighted by Crippen LogP contribution is 2.09. The Morgan fingerprint density at radius 2 is 1.93 bits per heavy atom. The molecule has 0 atom stereocenters. The lowest BCUT2D eigenvalue weighted by molar-refractivity contribution is 0.582. The Balaban J connectivity index is 0.000000980. The standard InChI is InChI=1S/C9H14N4.ClH/c1-8-2-3-9(12-11-8)13-6-4-10-5-7-13;/h2-3,10H,4-7H2,1H3;1H. The van der Waals surface area contributed by atoms with E-state index in [0.717, 1.165) is 37.7 Å². The van der Waals surface area contributed by atoms with Crippen LogP contribution in [0.3, 0.4) is 0 Å². The fraction of sp³-hybridized carbons (Fsp3) is 0.556. The highest BCUT2D eigenvalue weighted by Gasteiger charge is 2.10. The van der Waals surface area contributed by atoms with Crippen molar-refractivity contribution >= 4 is 18.2 Å². The smallest absolute Gasteiger partial charge is 0.151 e. The summed E-state index contributed by atoms with van der Waals surface area (Å²) < 4.78 is 0. The van der Waals surface area contributed by atoms with Gasteiger partial charge in [-0.15, -0.1) is 17.5 Å². The van der Waals surface area contributed by atoms with Gasteiger partial charge in [-0.2, -0.15) is 5.10 Å². The summed E-state index contributed by atoms with van der Waals surface area (Å²) in [5, 5.41) is 11.5. The quantitative estimate of drug-likeness (QED) is 0.744. The molecule has 0 radical (unpaired) electrons. The number of halogens is 1. The average molecular weight is 215 g/mol. The van der Waals surface area contributed by atoms with E-state index in [0.29, 0.717) is 0 Å². The Morgan fingerprint density at radius 3 is 2.50 bits per heavy atom. The van der Waals surface area contributed by atoms with Crippen molar-refractivity contribution in [2.24, 2.45) is 0 Å². The number of rotatable bonds is 1. The van der Waals surface area contributed by atoms with Crippen LogP contribution < -0.4 is 10.2 Å². The zero-order valence-corrected chi connectivity index (χ0v) is 9.05. The molecule has 0 saturated carbocycles. The molecule has 1 aliphatic heterocycles. The van der Waals surface area contributed by atoms with E-state index in [4.69, 9.17) is 0 Å². The largest absolute Gasteiger partial charge is 0.353 e. The average Bonchev–Trinajstić information content (AvgIpc) is 2.20. The molecule has 5 heteroatoms. The molecule has 1 aromatic heterocycles. The maximum atomic E-state index is 4.15. The van der Waals surface area contributed by atoms with E-state index >= 15 is 0 Å². The minimum atomic E-state index is 0. The number of anilines is 1. The number of aryl methyl sites for hydroxylation is 1. The summed E-state index contributed by atoms with van der Waals surface area (Å²) in [6.07, 6.45) is 0. The van der Waals surface area contributed by atoms with Crippen LogP contribution >= 0.6 is 12.4 Å². The number of nitrogens with zero attached hydrogens (tertiary/aromatic N) is 3. The van der Waals surface area contributed by atoms with E-state index in [2.05, 4.69) is 20.4 Å². The molecule has 0 amide bonds. The van der Waals surface area contributed by atoms with E-state index in [1.165, 1.54) is 0 Å². The number of aromatic nitrogens is 2. The van der Waals surface area contributed by atoms with Crippen LogP contribution in [0.1, 0.15) is 5.69 Å². The maximum absolute atomic E-state index is 4.15. The summed E-state index contributed by atoms with van der Waals surface area (Å²) in [6.45, 7) is 6.08. The molecule has 2 heterocycles. The van der Waals surface area contributed by atoms with Gasteiger partial charge in [-0.3, -0.25) is 0 Å². The molecule has 1 N–H and O–H groups in total. The van der Waals surface area contributed by atoms with Crippen LogP contribution in [-0.2, 0) is 0 Å². The van der Waals surface area contributed by atoms with Gasteiger partial charge in [0.05, 0.1) is 5.69 Å². The first-order chi connectivity index (χ1) is 6.36. The van der Waals surface area contributed by atoms with E-state index in [1.54, 1.807) is 0 Å². The zero-order valence-electron chi connectivity index (χ0n) is 8.23. The first-order valence-corrected chi connectivity index (χ1v) is 4.62. The lowest BCUT2D eigenvalue weighted by Gasteiger charge is -2.27. The van der Waals surface area contributed by atoms with Gasteiger partial charge in [0.1, 0.15) is 0 Å². The summed E-state index contributed by atoms with van der Waals surface area (Å²) in [7, 11) is 0. The summed E-state index contributed by atoms with van der Waals surface area (Å²) in [5.74, 6) is 0.993. The van der Waals surface area contributed by atoms with E-state index in [-0.39, 0.29) is 12.4 Å². The molecule has 2 rings (SSSR count). The Kier molecular flexibility index (Phi) is 4.10. The van der Waals surface area contributed by atoms with Crippen LogP contribution in [0.15, 0.2) is 12.1 Å². The van der Waals surface area contributed by atoms with Crippen molar-refractivity contribution < 1.29 is 0 Å². The fourth-order valence-electron chi connectivity index (χ4n) is 1.45. The highest BCUT2D eigenvalue weighted by atomic mass is 35.5. The number of hydrogen-bond donors (Lipinski definition) is 1. The van der Waals surface area contributed by atoms with Crippen molar-refractivity contribution in [3.05, 3.63) is 17.8 Å². The van der Waals surface area contributed by atoms with Crippen molar-refractivity contribution in [3.8, 4) is 0 Å². The molecular formula is C9H15ClN4. The van der Waals surface area contributed by atoms with Crippen molar-refractivity contribution in [2.45, 2.75) is 6.92 Å². The monoisotopic (exact) mass is 214 g/mol. The van der Waals surface area contributed by atoms with Crippen LogP contribution in [0, 0.1) is 6.92 Å². The van der Waals surface area contributed by atoms with E-state index < -0.39 is 0 Å². The van der Waals surface area contributed by atoms with Crippen LogP contribution in [0.4, 0.5) is 5.82 Å². The van der Waals surface area contributed by atoms with Crippen LogP contribution in [0.5, 0.6) is 0 Å². The van der Waals surface area contributed by atoms with Gasteiger partial charge in [0, 0.05) is 26.2 Å². The molecular weight excluding hydrogens is 200 g/mol. The summed E-state index contributed by atoms with van der Waals surface area (Å²) in [5.41, 5.74) is 0.971. The molecule has 1 aliphatic rings. The van der Waals surface area contributed by atoms with E-state index in [9.17, 15) is 0 Å². The van der Waals surface area contributed by atoms with Gasteiger partial charge in [0.25, 0.3) is 0 Å². The normalized spacial score (nSPS) is 16.2. The highest BCUT2D eigenvalue weighted by molar-refractivity contribution is 5.85. The molecule has 1 fully saturated rings. The molecule has 0 unspecified atom stereocenters.